The molecule has 0 amide bonds. The molecule has 13 heavy (non-hydrogen) atoms. The highest BCUT2D eigenvalue weighted by molar-refractivity contribution is 6.17. The summed E-state index contributed by atoms with van der Waals surface area (Å²) in [6.45, 7) is 3.94. The number of pyridine rings is 1. The van der Waals surface area contributed by atoms with Crippen LogP contribution in [-0.4, -0.2) is 12.1 Å². The molecule has 0 aliphatic rings. The molecule has 1 aromatic rings. The second kappa shape index (κ2) is 5.07. The first-order chi connectivity index (χ1) is 5.70. The normalized spacial score (nSPS) is 9.23. The van der Waals surface area contributed by atoms with Crippen LogP contribution in [-0.2, 0) is 5.88 Å². The molecule has 0 bridgehead atoms. The highest BCUT2D eigenvalue weighted by atomic mass is 35.5. The molecular formula is C10H16ClNO. The highest BCUT2D eigenvalue weighted by Gasteiger charge is 2.07. The molecular weight excluding hydrogens is 186 g/mol. The standard InChI is InChI=1S/C9H12ClNO.CH4/c1-6-5-11-8(4-10)7(2)9(6)12-3;/h5H,4H2,1-3H3;1H4. The van der Waals surface area contributed by atoms with Gasteiger partial charge in [0.25, 0.3) is 0 Å². The Balaban J connectivity index is 0.00000144. The number of rotatable bonds is 2. The maximum absolute atomic E-state index is 5.70. The fourth-order valence-electron chi connectivity index (χ4n) is 1.21. The topological polar surface area (TPSA) is 22.1 Å². The number of hydrogen-bond donors (Lipinski definition) is 0. The van der Waals surface area contributed by atoms with E-state index in [2.05, 4.69) is 4.98 Å². The summed E-state index contributed by atoms with van der Waals surface area (Å²) in [6.07, 6.45) is 1.78. The molecule has 2 nitrogen and oxygen atoms in total. The molecule has 1 rings (SSSR count). The Morgan fingerprint density at radius 2 is 2.08 bits per heavy atom. The SMILES string of the molecule is C.COc1c(C)cnc(CCl)c1C. The van der Waals surface area contributed by atoms with Crippen molar-refractivity contribution in [3.63, 3.8) is 0 Å². The average molecular weight is 202 g/mol. The second-order valence-electron chi connectivity index (χ2n) is 2.68. The smallest absolute Gasteiger partial charge is 0.128 e. The van der Waals surface area contributed by atoms with Gasteiger partial charge in [-0.15, -0.1) is 11.6 Å². The molecule has 0 spiro atoms. The third kappa shape index (κ3) is 2.34. The Labute approximate surface area is 84.9 Å². The van der Waals surface area contributed by atoms with Crippen LogP contribution in [0.4, 0.5) is 0 Å². The van der Waals surface area contributed by atoms with Crippen molar-refractivity contribution in [3.8, 4) is 5.75 Å². The van der Waals surface area contributed by atoms with Crippen molar-refractivity contribution in [1.29, 1.82) is 0 Å². The first-order valence-electron chi connectivity index (χ1n) is 3.75. The van der Waals surface area contributed by atoms with E-state index in [1.165, 1.54) is 0 Å². The van der Waals surface area contributed by atoms with Crippen molar-refractivity contribution in [1.82, 2.24) is 4.98 Å². The quantitative estimate of drug-likeness (QED) is 0.687. The lowest BCUT2D eigenvalue weighted by Crippen LogP contribution is -1.97. The number of aromatic nitrogens is 1. The van der Waals surface area contributed by atoms with Gasteiger partial charge >= 0.3 is 0 Å². The van der Waals surface area contributed by atoms with E-state index < -0.39 is 0 Å². The zero-order valence-electron chi connectivity index (χ0n) is 7.52. The summed E-state index contributed by atoms with van der Waals surface area (Å²) in [6, 6.07) is 0. The van der Waals surface area contributed by atoms with E-state index in [1.807, 2.05) is 13.8 Å². The minimum Gasteiger partial charge on any atom is -0.496 e. The molecule has 0 saturated heterocycles. The number of aryl methyl sites for hydroxylation is 1. The van der Waals surface area contributed by atoms with Crippen molar-refractivity contribution in [3.05, 3.63) is 23.0 Å². The van der Waals surface area contributed by atoms with Crippen molar-refractivity contribution >= 4 is 11.6 Å². The van der Waals surface area contributed by atoms with Crippen LogP contribution >= 0.6 is 11.6 Å². The molecule has 0 unspecified atom stereocenters. The fraction of sp³-hybridized carbons (Fsp3) is 0.500. The van der Waals surface area contributed by atoms with Gasteiger partial charge in [-0.2, -0.15) is 0 Å². The van der Waals surface area contributed by atoms with Crippen LogP contribution in [0, 0.1) is 13.8 Å². The molecule has 0 radical (unpaired) electrons. The van der Waals surface area contributed by atoms with Gasteiger partial charge in [0, 0.05) is 17.3 Å². The van der Waals surface area contributed by atoms with Gasteiger partial charge < -0.3 is 4.74 Å². The lowest BCUT2D eigenvalue weighted by Gasteiger charge is -2.09. The Kier molecular flexibility index (Phi) is 4.78. The Hall–Kier alpha value is -0.760. The molecule has 0 aliphatic carbocycles. The Bertz CT molecular complexity index is 286. The average Bonchev–Trinajstić information content (AvgIpc) is 2.06. The van der Waals surface area contributed by atoms with Gasteiger partial charge in [0.2, 0.25) is 0 Å². The van der Waals surface area contributed by atoms with Gasteiger partial charge in [-0.3, -0.25) is 4.98 Å². The number of alkyl halides is 1. The van der Waals surface area contributed by atoms with E-state index >= 15 is 0 Å². The fourth-order valence-corrected chi connectivity index (χ4v) is 1.48. The van der Waals surface area contributed by atoms with Gasteiger partial charge in [0.15, 0.2) is 0 Å². The minimum absolute atomic E-state index is 0. The molecule has 0 atom stereocenters. The predicted molar refractivity (Wildman–Crippen MR) is 56.6 cm³/mol. The van der Waals surface area contributed by atoms with Gasteiger partial charge in [-0.05, 0) is 13.8 Å². The minimum atomic E-state index is 0. The van der Waals surface area contributed by atoms with Crippen LogP contribution in [0.2, 0.25) is 0 Å². The summed E-state index contributed by atoms with van der Waals surface area (Å²) in [5.41, 5.74) is 2.97. The van der Waals surface area contributed by atoms with Crippen LogP contribution in [0.25, 0.3) is 0 Å². The number of hydrogen-bond acceptors (Lipinski definition) is 2. The van der Waals surface area contributed by atoms with Crippen LogP contribution in [0.5, 0.6) is 5.75 Å². The molecule has 0 N–H and O–H groups in total. The van der Waals surface area contributed by atoms with Gasteiger partial charge in [0.1, 0.15) is 5.75 Å². The van der Waals surface area contributed by atoms with Crippen molar-refractivity contribution < 1.29 is 4.74 Å². The van der Waals surface area contributed by atoms with Crippen LogP contribution in [0.3, 0.4) is 0 Å². The first kappa shape index (κ1) is 12.2. The van der Waals surface area contributed by atoms with Crippen LogP contribution < -0.4 is 4.74 Å². The van der Waals surface area contributed by atoms with E-state index in [9.17, 15) is 0 Å². The van der Waals surface area contributed by atoms with E-state index in [-0.39, 0.29) is 7.43 Å². The van der Waals surface area contributed by atoms with Crippen LogP contribution in [0.15, 0.2) is 6.20 Å². The van der Waals surface area contributed by atoms with E-state index in [0.29, 0.717) is 5.88 Å². The highest BCUT2D eigenvalue weighted by Crippen LogP contribution is 2.24. The zero-order chi connectivity index (χ0) is 9.14. The summed E-state index contributed by atoms with van der Waals surface area (Å²) in [5.74, 6) is 1.32. The number of halogens is 1. The van der Waals surface area contributed by atoms with Crippen molar-refractivity contribution in [2.45, 2.75) is 27.2 Å². The van der Waals surface area contributed by atoms with E-state index in [4.69, 9.17) is 16.3 Å². The summed E-state index contributed by atoms with van der Waals surface area (Å²) < 4.78 is 5.22. The molecule has 1 aromatic heterocycles. The monoisotopic (exact) mass is 201 g/mol. The zero-order valence-corrected chi connectivity index (χ0v) is 8.27. The lowest BCUT2D eigenvalue weighted by atomic mass is 10.1. The lowest BCUT2D eigenvalue weighted by molar-refractivity contribution is 0.407. The number of methoxy groups -OCH3 is 1. The molecule has 0 fully saturated rings. The maximum Gasteiger partial charge on any atom is 0.128 e. The van der Waals surface area contributed by atoms with E-state index in [0.717, 1.165) is 22.6 Å². The van der Waals surface area contributed by atoms with Gasteiger partial charge in [-0.1, -0.05) is 7.43 Å². The second-order valence-corrected chi connectivity index (χ2v) is 2.95. The first-order valence-corrected chi connectivity index (χ1v) is 4.29. The number of ether oxygens (including phenoxy) is 1. The molecule has 0 aromatic carbocycles. The molecule has 0 saturated carbocycles. The molecule has 3 heteroatoms. The number of nitrogens with zero attached hydrogens (tertiary/aromatic N) is 1. The summed E-state index contributed by atoms with van der Waals surface area (Å²) in [7, 11) is 1.66. The maximum atomic E-state index is 5.70. The third-order valence-corrected chi connectivity index (χ3v) is 2.13. The predicted octanol–water partition coefficient (Wildman–Crippen LogP) is 3.08. The largest absolute Gasteiger partial charge is 0.496 e. The third-order valence-electron chi connectivity index (χ3n) is 1.88. The van der Waals surface area contributed by atoms with Crippen molar-refractivity contribution in [2.75, 3.05) is 7.11 Å². The summed E-state index contributed by atoms with van der Waals surface area (Å²) >= 11 is 5.70. The van der Waals surface area contributed by atoms with Gasteiger partial charge in [0.05, 0.1) is 18.7 Å². The van der Waals surface area contributed by atoms with E-state index in [1.54, 1.807) is 13.3 Å². The molecule has 0 aliphatic heterocycles. The van der Waals surface area contributed by atoms with Crippen molar-refractivity contribution in [2.24, 2.45) is 0 Å². The summed E-state index contributed by atoms with van der Waals surface area (Å²) in [4.78, 5) is 4.19. The Morgan fingerprint density at radius 3 is 2.54 bits per heavy atom. The van der Waals surface area contributed by atoms with Gasteiger partial charge in [-0.25, -0.2) is 0 Å². The Morgan fingerprint density at radius 1 is 1.46 bits per heavy atom. The summed E-state index contributed by atoms with van der Waals surface area (Å²) in [5, 5.41) is 0. The van der Waals surface area contributed by atoms with Crippen LogP contribution in [0.1, 0.15) is 24.2 Å². The molecule has 1 heterocycles. The molecule has 74 valence electrons.